The molecule has 0 saturated carbocycles. The minimum atomic E-state index is 0.565. The lowest BCUT2D eigenvalue weighted by Crippen LogP contribution is -1.92. The Morgan fingerprint density at radius 2 is 1.94 bits per heavy atom. The molecule has 0 aliphatic carbocycles. The molecule has 3 rings (SSSR count). The van der Waals surface area contributed by atoms with Crippen LogP contribution in [0.25, 0.3) is 17.0 Å². The van der Waals surface area contributed by atoms with Crippen LogP contribution in [0, 0.1) is 0 Å². The Morgan fingerprint density at radius 1 is 1.11 bits per heavy atom. The Kier molecular flexibility index (Phi) is 2.57. The number of halogens is 1. The summed E-state index contributed by atoms with van der Waals surface area (Å²) in [6.07, 6.45) is 2.48. The molecule has 0 unspecified atom stereocenters. The molecule has 3 aromatic rings. The van der Waals surface area contributed by atoms with E-state index in [0.29, 0.717) is 22.1 Å². The van der Waals surface area contributed by atoms with Gasteiger partial charge in [0, 0.05) is 17.3 Å². The number of aldehydes is 1. The van der Waals surface area contributed by atoms with E-state index in [4.69, 9.17) is 11.6 Å². The zero-order valence-corrected chi connectivity index (χ0v) is 10.0. The van der Waals surface area contributed by atoms with Gasteiger partial charge in [0.05, 0.1) is 5.02 Å². The average Bonchev–Trinajstić information content (AvgIpc) is 2.82. The predicted molar refractivity (Wildman–Crippen MR) is 68.8 cm³/mol. The molecule has 0 fully saturated rings. The topological polar surface area (TPSA) is 47.3 Å². The molecule has 0 aliphatic rings. The van der Waals surface area contributed by atoms with Crippen molar-refractivity contribution in [1.82, 2.24) is 14.6 Å². The molecule has 0 spiro atoms. The molecular weight excluding hydrogens is 250 g/mol. The van der Waals surface area contributed by atoms with Gasteiger partial charge < -0.3 is 0 Å². The number of benzene rings is 1. The summed E-state index contributed by atoms with van der Waals surface area (Å²) in [7, 11) is 0. The van der Waals surface area contributed by atoms with Crippen LogP contribution in [-0.2, 0) is 0 Å². The van der Waals surface area contributed by atoms with Crippen molar-refractivity contribution < 1.29 is 4.79 Å². The molecular formula is C13H8ClN3O. The number of hydrogen-bond acceptors (Lipinski definition) is 3. The number of aromatic nitrogens is 3. The highest BCUT2D eigenvalue weighted by atomic mass is 35.5. The SMILES string of the molecule is O=Cc1ccc2nnc(-c3ccccc3Cl)n2c1. The highest BCUT2D eigenvalue weighted by molar-refractivity contribution is 6.33. The fourth-order valence-electron chi connectivity index (χ4n) is 1.80. The minimum absolute atomic E-state index is 0.565. The summed E-state index contributed by atoms with van der Waals surface area (Å²) in [5.41, 5.74) is 2.03. The summed E-state index contributed by atoms with van der Waals surface area (Å²) in [5, 5.41) is 8.76. The van der Waals surface area contributed by atoms with Gasteiger partial charge in [-0.25, -0.2) is 0 Å². The maximum atomic E-state index is 10.8. The first-order chi connectivity index (χ1) is 8.79. The lowest BCUT2D eigenvalue weighted by Gasteiger charge is -2.02. The smallest absolute Gasteiger partial charge is 0.169 e. The van der Waals surface area contributed by atoms with E-state index < -0.39 is 0 Å². The Hall–Kier alpha value is -2.20. The second-order valence-corrected chi connectivity index (χ2v) is 4.22. The van der Waals surface area contributed by atoms with Crippen molar-refractivity contribution in [2.24, 2.45) is 0 Å². The number of fused-ring (bicyclic) bond motifs is 1. The molecule has 0 radical (unpaired) electrons. The maximum absolute atomic E-state index is 10.8. The molecule has 1 aromatic carbocycles. The van der Waals surface area contributed by atoms with Crippen LogP contribution in [-0.4, -0.2) is 20.9 Å². The van der Waals surface area contributed by atoms with Gasteiger partial charge in [0.2, 0.25) is 0 Å². The normalized spacial score (nSPS) is 10.7. The van der Waals surface area contributed by atoms with Crippen LogP contribution in [0.5, 0.6) is 0 Å². The maximum Gasteiger partial charge on any atom is 0.169 e. The monoisotopic (exact) mass is 257 g/mol. The van der Waals surface area contributed by atoms with E-state index in [9.17, 15) is 4.79 Å². The molecule has 5 heteroatoms. The zero-order chi connectivity index (χ0) is 12.5. The van der Waals surface area contributed by atoms with E-state index >= 15 is 0 Å². The predicted octanol–water partition coefficient (Wildman–Crippen LogP) is 2.86. The van der Waals surface area contributed by atoms with Gasteiger partial charge in [0.25, 0.3) is 0 Å². The van der Waals surface area contributed by atoms with Gasteiger partial charge >= 0.3 is 0 Å². The fraction of sp³-hybridized carbons (Fsp3) is 0. The van der Waals surface area contributed by atoms with Crippen molar-refractivity contribution in [3.63, 3.8) is 0 Å². The fourth-order valence-corrected chi connectivity index (χ4v) is 2.02. The van der Waals surface area contributed by atoms with Crippen molar-refractivity contribution in [2.75, 3.05) is 0 Å². The van der Waals surface area contributed by atoms with Crippen molar-refractivity contribution in [3.05, 3.63) is 53.2 Å². The molecule has 0 saturated heterocycles. The van der Waals surface area contributed by atoms with Crippen LogP contribution in [0.4, 0.5) is 0 Å². The van der Waals surface area contributed by atoms with Crippen molar-refractivity contribution in [2.45, 2.75) is 0 Å². The third kappa shape index (κ3) is 1.67. The Labute approximate surface area is 108 Å². The first kappa shape index (κ1) is 10.9. The standard InChI is InChI=1S/C13H8ClN3O/c14-11-4-2-1-3-10(11)13-16-15-12-6-5-9(8-18)7-17(12)13/h1-8H. The number of carbonyl (C=O) groups excluding carboxylic acids is 1. The first-order valence-corrected chi connectivity index (χ1v) is 5.72. The molecule has 0 bridgehead atoms. The number of rotatable bonds is 2. The van der Waals surface area contributed by atoms with Gasteiger partial charge in [-0.2, -0.15) is 0 Å². The van der Waals surface area contributed by atoms with Crippen LogP contribution in [0.3, 0.4) is 0 Å². The van der Waals surface area contributed by atoms with Gasteiger partial charge in [0.1, 0.15) is 0 Å². The molecule has 88 valence electrons. The highest BCUT2D eigenvalue weighted by Gasteiger charge is 2.10. The molecule has 2 heterocycles. The van der Waals surface area contributed by atoms with Crippen LogP contribution >= 0.6 is 11.6 Å². The molecule has 0 amide bonds. The molecule has 18 heavy (non-hydrogen) atoms. The molecule has 2 aromatic heterocycles. The van der Waals surface area contributed by atoms with E-state index in [-0.39, 0.29) is 0 Å². The van der Waals surface area contributed by atoms with E-state index in [2.05, 4.69) is 10.2 Å². The van der Waals surface area contributed by atoms with Gasteiger partial charge in [-0.1, -0.05) is 23.7 Å². The van der Waals surface area contributed by atoms with Gasteiger partial charge in [-0.15, -0.1) is 10.2 Å². The quantitative estimate of drug-likeness (QED) is 0.663. The van der Waals surface area contributed by atoms with E-state index in [1.165, 1.54) is 0 Å². The third-order valence-electron chi connectivity index (χ3n) is 2.68. The van der Waals surface area contributed by atoms with E-state index in [0.717, 1.165) is 11.8 Å². The second kappa shape index (κ2) is 4.23. The van der Waals surface area contributed by atoms with Crippen LogP contribution in [0.1, 0.15) is 10.4 Å². The number of pyridine rings is 1. The van der Waals surface area contributed by atoms with E-state index in [1.54, 1.807) is 28.8 Å². The molecule has 0 N–H and O–H groups in total. The zero-order valence-electron chi connectivity index (χ0n) is 9.25. The van der Waals surface area contributed by atoms with Crippen molar-refractivity contribution in [3.8, 4) is 11.4 Å². The Balaban J connectivity index is 2.29. The number of hydrogen-bond donors (Lipinski definition) is 0. The Morgan fingerprint density at radius 3 is 2.72 bits per heavy atom. The van der Waals surface area contributed by atoms with Gasteiger partial charge in [-0.05, 0) is 24.3 Å². The summed E-state index contributed by atoms with van der Waals surface area (Å²) < 4.78 is 1.75. The second-order valence-electron chi connectivity index (χ2n) is 3.81. The molecule has 0 atom stereocenters. The summed E-state index contributed by atoms with van der Waals surface area (Å²) in [6, 6.07) is 10.8. The highest BCUT2D eigenvalue weighted by Crippen LogP contribution is 2.26. The van der Waals surface area contributed by atoms with Crippen molar-refractivity contribution >= 4 is 23.5 Å². The number of nitrogens with zero attached hydrogens (tertiary/aromatic N) is 3. The molecule has 0 aliphatic heterocycles. The molecule has 4 nitrogen and oxygen atoms in total. The van der Waals surface area contributed by atoms with Gasteiger partial charge in [0.15, 0.2) is 17.8 Å². The Bertz CT molecular complexity index is 736. The lowest BCUT2D eigenvalue weighted by molar-refractivity contribution is 0.112. The largest absolute Gasteiger partial charge is 0.298 e. The summed E-state index contributed by atoms with van der Waals surface area (Å²) in [4.78, 5) is 10.8. The third-order valence-corrected chi connectivity index (χ3v) is 3.01. The first-order valence-electron chi connectivity index (χ1n) is 5.34. The summed E-state index contributed by atoms with van der Waals surface area (Å²) >= 11 is 6.14. The van der Waals surface area contributed by atoms with Gasteiger partial charge in [-0.3, -0.25) is 9.20 Å². The van der Waals surface area contributed by atoms with Crippen LogP contribution < -0.4 is 0 Å². The number of carbonyl (C=O) groups is 1. The average molecular weight is 258 g/mol. The lowest BCUT2D eigenvalue weighted by atomic mass is 10.2. The van der Waals surface area contributed by atoms with Crippen molar-refractivity contribution in [1.29, 1.82) is 0 Å². The van der Waals surface area contributed by atoms with Crippen LogP contribution in [0.2, 0.25) is 5.02 Å². The van der Waals surface area contributed by atoms with E-state index in [1.807, 2.05) is 18.2 Å². The van der Waals surface area contributed by atoms with Crippen LogP contribution in [0.15, 0.2) is 42.6 Å². The minimum Gasteiger partial charge on any atom is -0.298 e. The summed E-state index contributed by atoms with van der Waals surface area (Å²) in [6.45, 7) is 0. The summed E-state index contributed by atoms with van der Waals surface area (Å²) in [5.74, 6) is 0.624.